The van der Waals surface area contributed by atoms with Gasteiger partial charge in [-0.3, -0.25) is 4.79 Å². The molecule has 6 nitrogen and oxygen atoms in total. The predicted octanol–water partition coefficient (Wildman–Crippen LogP) is 1.11. The standard InChI is InChI=1S/C12H20ClN3O3/c1-8(17)12(2,3)15-9-7-14-16(5-6-19-4)11(18)10(9)13/h7-8,15,17H,5-6H2,1-4H3. The predicted molar refractivity (Wildman–Crippen MR) is 74.8 cm³/mol. The zero-order valence-electron chi connectivity index (χ0n) is 11.6. The Morgan fingerprint density at radius 1 is 1.63 bits per heavy atom. The number of aliphatic hydroxyl groups is 1. The van der Waals surface area contributed by atoms with E-state index in [-0.39, 0.29) is 10.6 Å². The number of rotatable bonds is 6. The minimum atomic E-state index is -0.615. The van der Waals surface area contributed by atoms with Crippen LogP contribution in [0, 0.1) is 0 Å². The molecular weight excluding hydrogens is 270 g/mol. The molecule has 0 bridgehead atoms. The van der Waals surface area contributed by atoms with Crippen molar-refractivity contribution in [1.82, 2.24) is 9.78 Å². The van der Waals surface area contributed by atoms with Gasteiger partial charge in [-0.15, -0.1) is 0 Å². The van der Waals surface area contributed by atoms with Crippen LogP contribution in [0.15, 0.2) is 11.0 Å². The summed E-state index contributed by atoms with van der Waals surface area (Å²) in [6.45, 7) is 6.01. The van der Waals surface area contributed by atoms with Crippen LogP contribution in [-0.4, -0.2) is 40.2 Å². The van der Waals surface area contributed by atoms with Crippen molar-refractivity contribution >= 4 is 17.3 Å². The van der Waals surface area contributed by atoms with Crippen LogP contribution in [0.3, 0.4) is 0 Å². The van der Waals surface area contributed by atoms with Crippen molar-refractivity contribution in [3.63, 3.8) is 0 Å². The number of anilines is 1. The number of aromatic nitrogens is 2. The third-order valence-corrected chi connectivity index (χ3v) is 3.36. The Bertz CT molecular complexity index is 486. The summed E-state index contributed by atoms with van der Waals surface area (Å²) in [5.41, 5.74) is -0.590. The first-order valence-electron chi connectivity index (χ1n) is 6.00. The highest BCUT2D eigenvalue weighted by Gasteiger charge is 2.25. The number of ether oxygens (including phenoxy) is 1. The molecule has 0 aliphatic carbocycles. The fourth-order valence-corrected chi connectivity index (χ4v) is 1.53. The van der Waals surface area contributed by atoms with Gasteiger partial charge in [0.1, 0.15) is 5.02 Å². The van der Waals surface area contributed by atoms with E-state index < -0.39 is 11.6 Å². The molecule has 1 aromatic heterocycles. The van der Waals surface area contributed by atoms with Gasteiger partial charge in [-0.05, 0) is 20.8 Å². The second-order valence-corrected chi connectivity index (χ2v) is 5.29. The molecule has 1 unspecified atom stereocenters. The lowest BCUT2D eigenvalue weighted by molar-refractivity contribution is 0.133. The number of aliphatic hydroxyl groups excluding tert-OH is 1. The van der Waals surface area contributed by atoms with Crippen LogP contribution in [0.1, 0.15) is 20.8 Å². The molecule has 0 aliphatic rings. The summed E-state index contributed by atoms with van der Waals surface area (Å²) >= 11 is 6.03. The third kappa shape index (κ3) is 3.92. The van der Waals surface area contributed by atoms with Crippen LogP contribution < -0.4 is 10.9 Å². The minimum absolute atomic E-state index is 0.0554. The summed E-state index contributed by atoms with van der Waals surface area (Å²) in [7, 11) is 1.55. The number of hydrogen-bond acceptors (Lipinski definition) is 5. The topological polar surface area (TPSA) is 76.4 Å². The molecule has 108 valence electrons. The number of halogens is 1. The molecule has 7 heteroatoms. The monoisotopic (exact) mass is 289 g/mol. The van der Waals surface area contributed by atoms with E-state index in [4.69, 9.17) is 16.3 Å². The summed E-state index contributed by atoms with van der Waals surface area (Å²) in [5.74, 6) is 0. The number of nitrogens with zero attached hydrogens (tertiary/aromatic N) is 2. The van der Waals surface area contributed by atoms with Crippen LogP contribution in [0.25, 0.3) is 0 Å². The van der Waals surface area contributed by atoms with Gasteiger partial charge in [-0.1, -0.05) is 11.6 Å². The van der Waals surface area contributed by atoms with Crippen LogP contribution in [0.5, 0.6) is 0 Å². The second-order valence-electron chi connectivity index (χ2n) is 4.92. The Kier molecular flexibility index (Phi) is 5.34. The van der Waals surface area contributed by atoms with Crippen LogP contribution >= 0.6 is 11.6 Å². The molecule has 0 aromatic carbocycles. The number of methoxy groups -OCH3 is 1. The van der Waals surface area contributed by atoms with E-state index in [2.05, 4.69) is 10.4 Å². The van der Waals surface area contributed by atoms with E-state index in [1.165, 1.54) is 10.9 Å². The van der Waals surface area contributed by atoms with Gasteiger partial charge >= 0.3 is 0 Å². The summed E-state index contributed by atoms with van der Waals surface area (Å²) < 4.78 is 6.13. The molecule has 1 aromatic rings. The quantitative estimate of drug-likeness (QED) is 0.820. The fraction of sp³-hybridized carbons (Fsp3) is 0.667. The Morgan fingerprint density at radius 3 is 2.79 bits per heavy atom. The fourth-order valence-electron chi connectivity index (χ4n) is 1.34. The summed E-state index contributed by atoms with van der Waals surface area (Å²) in [6.07, 6.45) is 0.864. The Balaban J connectivity index is 3.00. The largest absolute Gasteiger partial charge is 0.391 e. The zero-order chi connectivity index (χ0) is 14.6. The molecule has 0 radical (unpaired) electrons. The molecular formula is C12H20ClN3O3. The van der Waals surface area contributed by atoms with Gasteiger partial charge < -0.3 is 15.2 Å². The van der Waals surface area contributed by atoms with Crippen molar-refractivity contribution in [2.45, 2.75) is 39.0 Å². The highest BCUT2D eigenvalue weighted by atomic mass is 35.5. The van der Waals surface area contributed by atoms with Crippen molar-refractivity contribution in [3.05, 3.63) is 21.6 Å². The van der Waals surface area contributed by atoms with Crippen molar-refractivity contribution in [2.24, 2.45) is 0 Å². The maximum absolute atomic E-state index is 12.0. The maximum Gasteiger partial charge on any atom is 0.287 e. The third-order valence-electron chi connectivity index (χ3n) is 2.99. The first-order valence-corrected chi connectivity index (χ1v) is 6.38. The van der Waals surface area contributed by atoms with Gasteiger partial charge in [0.05, 0.1) is 36.7 Å². The lowest BCUT2D eigenvalue weighted by atomic mass is 9.98. The van der Waals surface area contributed by atoms with Gasteiger partial charge in [-0.25, -0.2) is 4.68 Å². The first-order chi connectivity index (χ1) is 8.79. The van der Waals surface area contributed by atoms with E-state index in [1.54, 1.807) is 14.0 Å². The molecule has 0 spiro atoms. The Morgan fingerprint density at radius 2 is 2.26 bits per heavy atom. The minimum Gasteiger partial charge on any atom is -0.391 e. The molecule has 1 heterocycles. The molecule has 19 heavy (non-hydrogen) atoms. The molecule has 0 saturated carbocycles. The number of hydrogen-bond donors (Lipinski definition) is 2. The highest BCUT2D eigenvalue weighted by Crippen LogP contribution is 2.22. The summed E-state index contributed by atoms with van der Waals surface area (Å²) in [4.78, 5) is 12.0. The van der Waals surface area contributed by atoms with Gasteiger partial charge in [0.2, 0.25) is 0 Å². The van der Waals surface area contributed by atoms with E-state index in [9.17, 15) is 9.90 Å². The van der Waals surface area contributed by atoms with Gasteiger partial charge in [-0.2, -0.15) is 5.10 Å². The average molecular weight is 290 g/mol. The zero-order valence-corrected chi connectivity index (χ0v) is 12.4. The SMILES string of the molecule is COCCn1ncc(NC(C)(C)C(C)O)c(Cl)c1=O. The molecule has 0 amide bonds. The average Bonchev–Trinajstić information content (AvgIpc) is 2.34. The second kappa shape index (κ2) is 6.36. The van der Waals surface area contributed by atoms with E-state index in [0.717, 1.165) is 0 Å². The van der Waals surface area contributed by atoms with Gasteiger partial charge in [0, 0.05) is 7.11 Å². The molecule has 0 saturated heterocycles. The lowest BCUT2D eigenvalue weighted by Crippen LogP contribution is -2.42. The Labute approximate surface area is 117 Å². The molecule has 1 rings (SSSR count). The van der Waals surface area contributed by atoms with Crippen molar-refractivity contribution in [1.29, 1.82) is 0 Å². The maximum atomic E-state index is 12.0. The first kappa shape index (κ1) is 15.9. The van der Waals surface area contributed by atoms with E-state index in [1.807, 2.05) is 13.8 Å². The van der Waals surface area contributed by atoms with Crippen molar-refractivity contribution in [2.75, 3.05) is 19.0 Å². The smallest absolute Gasteiger partial charge is 0.287 e. The van der Waals surface area contributed by atoms with Crippen molar-refractivity contribution in [3.8, 4) is 0 Å². The molecule has 1 atom stereocenters. The lowest BCUT2D eigenvalue weighted by Gasteiger charge is -2.30. The number of nitrogens with one attached hydrogen (secondary N) is 1. The summed E-state index contributed by atoms with van der Waals surface area (Å²) in [6, 6.07) is 0. The van der Waals surface area contributed by atoms with Crippen LogP contribution in [0.2, 0.25) is 5.02 Å². The summed E-state index contributed by atoms with van der Waals surface area (Å²) in [5, 5.41) is 16.7. The highest BCUT2D eigenvalue weighted by molar-refractivity contribution is 6.32. The Hall–Kier alpha value is -1.11. The van der Waals surface area contributed by atoms with E-state index in [0.29, 0.717) is 18.8 Å². The molecule has 2 N–H and O–H groups in total. The van der Waals surface area contributed by atoms with E-state index >= 15 is 0 Å². The van der Waals surface area contributed by atoms with Crippen LogP contribution in [0.4, 0.5) is 5.69 Å². The van der Waals surface area contributed by atoms with Gasteiger partial charge in [0.25, 0.3) is 5.56 Å². The normalized spacial score (nSPS) is 13.4. The molecule has 0 aliphatic heterocycles. The van der Waals surface area contributed by atoms with Gasteiger partial charge in [0.15, 0.2) is 0 Å². The van der Waals surface area contributed by atoms with Crippen molar-refractivity contribution < 1.29 is 9.84 Å². The molecule has 0 fully saturated rings. The van der Waals surface area contributed by atoms with Crippen LogP contribution in [-0.2, 0) is 11.3 Å².